The van der Waals surface area contributed by atoms with Gasteiger partial charge in [0.15, 0.2) is 11.5 Å². The molecule has 1 aromatic rings. The molecule has 0 saturated heterocycles. The Morgan fingerprint density at radius 2 is 1.95 bits per heavy atom. The fraction of sp³-hybridized carbons (Fsp3) is 0.462. The molecule has 6 heteroatoms. The second-order valence-electron chi connectivity index (χ2n) is 3.83. The fourth-order valence-electron chi connectivity index (χ4n) is 1.35. The van der Waals surface area contributed by atoms with Gasteiger partial charge in [-0.15, -0.1) is 0 Å². The van der Waals surface area contributed by atoms with E-state index in [0.29, 0.717) is 11.5 Å². The standard InChI is InChI=1S/C13H18O6/c1-17-11-4-2-3-5-12(11)19-9-10(14)8-18-7-6-13(15)16/h2-5,10,14H,6-9H2,1H3,(H,15,16). The number of aliphatic hydroxyl groups excluding tert-OH is 1. The van der Waals surface area contributed by atoms with Gasteiger partial charge in [0.05, 0.1) is 26.7 Å². The van der Waals surface area contributed by atoms with E-state index in [9.17, 15) is 9.90 Å². The molecule has 0 bridgehead atoms. The van der Waals surface area contributed by atoms with Gasteiger partial charge in [-0.25, -0.2) is 0 Å². The van der Waals surface area contributed by atoms with Crippen molar-refractivity contribution >= 4 is 5.97 Å². The van der Waals surface area contributed by atoms with E-state index in [-0.39, 0.29) is 26.2 Å². The van der Waals surface area contributed by atoms with Crippen LogP contribution in [0.5, 0.6) is 11.5 Å². The summed E-state index contributed by atoms with van der Waals surface area (Å²) in [6.07, 6.45) is -0.904. The molecule has 0 aliphatic rings. The van der Waals surface area contributed by atoms with Crippen molar-refractivity contribution in [1.29, 1.82) is 0 Å². The third-order valence-corrected chi connectivity index (χ3v) is 2.27. The first-order valence-electron chi connectivity index (χ1n) is 5.87. The van der Waals surface area contributed by atoms with Gasteiger partial charge in [-0.05, 0) is 12.1 Å². The molecule has 1 unspecified atom stereocenters. The van der Waals surface area contributed by atoms with Crippen LogP contribution in [0.3, 0.4) is 0 Å². The van der Waals surface area contributed by atoms with Crippen LogP contribution in [-0.2, 0) is 9.53 Å². The van der Waals surface area contributed by atoms with Crippen molar-refractivity contribution in [3.8, 4) is 11.5 Å². The zero-order chi connectivity index (χ0) is 14.1. The van der Waals surface area contributed by atoms with Gasteiger partial charge < -0.3 is 24.4 Å². The van der Waals surface area contributed by atoms with Crippen LogP contribution in [0.25, 0.3) is 0 Å². The maximum Gasteiger partial charge on any atom is 0.305 e. The van der Waals surface area contributed by atoms with Crippen LogP contribution in [-0.4, -0.2) is 49.2 Å². The molecule has 1 rings (SSSR count). The minimum Gasteiger partial charge on any atom is -0.493 e. The molecule has 2 N–H and O–H groups in total. The number of methoxy groups -OCH3 is 1. The Morgan fingerprint density at radius 1 is 1.26 bits per heavy atom. The first-order valence-corrected chi connectivity index (χ1v) is 5.87. The SMILES string of the molecule is COc1ccccc1OCC(O)COCCC(=O)O. The fourth-order valence-corrected chi connectivity index (χ4v) is 1.35. The summed E-state index contributed by atoms with van der Waals surface area (Å²) in [5, 5.41) is 18.0. The molecule has 0 fully saturated rings. The highest BCUT2D eigenvalue weighted by Gasteiger charge is 2.08. The molecule has 1 atom stereocenters. The van der Waals surface area contributed by atoms with E-state index in [1.165, 1.54) is 7.11 Å². The van der Waals surface area contributed by atoms with Crippen molar-refractivity contribution in [1.82, 2.24) is 0 Å². The van der Waals surface area contributed by atoms with Crippen molar-refractivity contribution in [2.45, 2.75) is 12.5 Å². The highest BCUT2D eigenvalue weighted by Crippen LogP contribution is 2.25. The lowest BCUT2D eigenvalue weighted by Gasteiger charge is -2.14. The van der Waals surface area contributed by atoms with Crippen molar-refractivity contribution in [2.75, 3.05) is 26.9 Å². The zero-order valence-electron chi connectivity index (χ0n) is 10.7. The Bertz CT molecular complexity index is 392. The number of hydrogen-bond acceptors (Lipinski definition) is 5. The van der Waals surface area contributed by atoms with Gasteiger partial charge in [0.25, 0.3) is 0 Å². The normalized spacial score (nSPS) is 11.9. The molecule has 0 saturated carbocycles. The molecule has 0 aromatic heterocycles. The molecule has 0 aliphatic carbocycles. The van der Waals surface area contributed by atoms with Gasteiger partial charge in [0.2, 0.25) is 0 Å². The van der Waals surface area contributed by atoms with E-state index < -0.39 is 12.1 Å². The Kier molecular flexibility index (Phi) is 6.70. The van der Waals surface area contributed by atoms with Gasteiger partial charge >= 0.3 is 5.97 Å². The van der Waals surface area contributed by atoms with Gasteiger partial charge in [-0.3, -0.25) is 4.79 Å². The summed E-state index contributed by atoms with van der Waals surface area (Å²) in [7, 11) is 1.54. The first-order chi connectivity index (χ1) is 9.13. The molecule has 0 heterocycles. The van der Waals surface area contributed by atoms with Crippen LogP contribution in [0.15, 0.2) is 24.3 Å². The van der Waals surface area contributed by atoms with Crippen molar-refractivity contribution < 1.29 is 29.2 Å². The van der Waals surface area contributed by atoms with Gasteiger partial charge in [-0.1, -0.05) is 12.1 Å². The number of carboxylic acid groups (broad SMARTS) is 1. The van der Waals surface area contributed by atoms with Crippen molar-refractivity contribution in [3.63, 3.8) is 0 Å². The number of rotatable bonds is 9. The monoisotopic (exact) mass is 270 g/mol. The smallest absolute Gasteiger partial charge is 0.305 e. The summed E-state index contributed by atoms with van der Waals surface area (Å²) in [4.78, 5) is 10.2. The highest BCUT2D eigenvalue weighted by atomic mass is 16.5. The minimum absolute atomic E-state index is 0.0302. The maximum atomic E-state index is 10.2. The zero-order valence-corrected chi connectivity index (χ0v) is 10.7. The lowest BCUT2D eigenvalue weighted by Crippen LogP contribution is -2.24. The number of benzene rings is 1. The summed E-state index contributed by atoms with van der Waals surface area (Å²) in [5.74, 6) is 0.191. The molecule has 19 heavy (non-hydrogen) atoms. The number of para-hydroxylation sites is 2. The lowest BCUT2D eigenvalue weighted by molar-refractivity contribution is -0.138. The van der Waals surface area contributed by atoms with Crippen molar-refractivity contribution in [2.24, 2.45) is 0 Å². The third kappa shape index (κ3) is 6.08. The van der Waals surface area contributed by atoms with Crippen LogP contribution in [0, 0.1) is 0 Å². The Labute approximate surface area is 111 Å². The predicted octanol–water partition coefficient (Wildman–Crippen LogP) is 0.926. The average Bonchev–Trinajstić information content (AvgIpc) is 2.41. The molecule has 1 aromatic carbocycles. The Balaban J connectivity index is 2.26. The molecule has 106 valence electrons. The van der Waals surface area contributed by atoms with E-state index in [1.54, 1.807) is 18.2 Å². The predicted molar refractivity (Wildman–Crippen MR) is 67.6 cm³/mol. The molecule has 6 nitrogen and oxygen atoms in total. The number of hydrogen-bond donors (Lipinski definition) is 2. The summed E-state index contributed by atoms with van der Waals surface area (Å²) >= 11 is 0. The topological polar surface area (TPSA) is 85.2 Å². The van der Waals surface area contributed by atoms with E-state index >= 15 is 0 Å². The van der Waals surface area contributed by atoms with E-state index in [2.05, 4.69) is 0 Å². The summed E-state index contributed by atoms with van der Waals surface area (Å²) in [6.45, 7) is 0.150. The molecular formula is C13H18O6. The molecule has 0 aliphatic heterocycles. The molecular weight excluding hydrogens is 252 g/mol. The van der Waals surface area contributed by atoms with Crippen molar-refractivity contribution in [3.05, 3.63) is 24.3 Å². The number of aliphatic hydroxyl groups is 1. The van der Waals surface area contributed by atoms with E-state index in [4.69, 9.17) is 19.3 Å². The van der Waals surface area contributed by atoms with Crippen LogP contribution in [0.4, 0.5) is 0 Å². The van der Waals surface area contributed by atoms with Gasteiger partial charge in [0, 0.05) is 0 Å². The largest absolute Gasteiger partial charge is 0.493 e. The molecule has 0 radical (unpaired) electrons. The molecule has 0 spiro atoms. The molecule has 0 amide bonds. The summed E-state index contributed by atoms with van der Waals surface area (Å²) < 4.78 is 15.5. The third-order valence-electron chi connectivity index (χ3n) is 2.27. The van der Waals surface area contributed by atoms with Crippen LogP contribution < -0.4 is 9.47 Å². The highest BCUT2D eigenvalue weighted by molar-refractivity contribution is 5.66. The number of carbonyl (C=O) groups is 1. The number of aliphatic carboxylic acids is 1. The minimum atomic E-state index is -0.931. The van der Waals surface area contributed by atoms with Crippen LogP contribution in [0.1, 0.15) is 6.42 Å². The maximum absolute atomic E-state index is 10.2. The average molecular weight is 270 g/mol. The lowest BCUT2D eigenvalue weighted by atomic mass is 10.3. The quantitative estimate of drug-likeness (QED) is 0.649. The number of carboxylic acids is 1. The second-order valence-corrected chi connectivity index (χ2v) is 3.83. The van der Waals surface area contributed by atoms with Crippen LogP contribution >= 0.6 is 0 Å². The van der Waals surface area contributed by atoms with Gasteiger partial charge in [0.1, 0.15) is 12.7 Å². The Hall–Kier alpha value is -1.79. The van der Waals surface area contributed by atoms with Gasteiger partial charge in [-0.2, -0.15) is 0 Å². The second kappa shape index (κ2) is 8.34. The van der Waals surface area contributed by atoms with E-state index in [0.717, 1.165) is 0 Å². The number of ether oxygens (including phenoxy) is 3. The first kappa shape index (κ1) is 15.3. The van der Waals surface area contributed by atoms with Crippen LogP contribution in [0.2, 0.25) is 0 Å². The Morgan fingerprint density at radius 3 is 2.58 bits per heavy atom. The summed E-state index contributed by atoms with van der Waals surface area (Å²) in [5.41, 5.74) is 0. The van der Waals surface area contributed by atoms with E-state index in [1.807, 2.05) is 6.07 Å². The summed E-state index contributed by atoms with van der Waals surface area (Å²) in [6, 6.07) is 7.10.